The predicted molar refractivity (Wildman–Crippen MR) is 71.9 cm³/mol. The van der Waals surface area contributed by atoms with E-state index in [0.29, 0.717) is 18.9 Å². The number of nitrogens with one attached hydrogen (secondary N) is 1. The third-order valence-electron chi connectivity index (χ3n) is 3.34. The van der Waals surface area contributed by atoms with Gasteiger partial charge >= 0.3 is 5.97 Å². The highest BCUT2D eigenvalue weighted by atomic mass is 35.5. The number of aliphatic carboxylic acids is 1. The number of hydrogen-bond donors (Lipinski definition) is 2. The van der Waals surface area contributed by atoms with Crippen LogP contribution in [0.15, 0.2) is 12.3 Å². The Labute approximate surface area is 121 Å². The van der Waals surface area contributed by atoms with Crippen LogP contribution in [0, 0.1) is 6.92 Å². The fraction of sp³-hybridized carbons (Fsp3) is 0.462. The van der Waals surface area contributed by atoms with Crippen molar-refractivity contribution < 1.29 is 19.4 Å². The lowest BCUT2D eigenvalue weighted by atomic mass is 9.90. The summed E-state index contributed by atoms with van der Waals surface area (Å²) >= 11 is 5.99. The Bertz CT molecular complexity index is 541. The average molecular weight is 299 g/mol. The Kier molecular flexibility index (Phi) is 4.25. The lowest BCUT2D eigenvalue weighted by Gasteiger charge is -2.33. The van der Waals surface area contributed by atoms with Gasteiger partial charge in [0.1, 0.15) is 5.54 Å². The molecule has 0 saturated carbocycles. The fourth-order valence-electron chi connectivity index (χ4n) is 2.09. The summed E-state index contributed by atoms with van der Waals surface area (Å²) in [4.78, 5) is 27.7. The number of carbonyl (C=O) groups is 2. The van der Waals surface area contributed by atoms with Crippen molar-refractivity contribution in [3.05, 3.63) is 28.5 Å². The molecule has 7 heteroatoms. The minimum atomic E-state index is -1.30. The van der Waals surface area contributed by atoms with Crippen LogP contribution in [0.5, 0.6) is 0 Å². The molecule has 20 heavy (non-hydrogen) atoms. The van der Waals surface area contributed by atoms with Crippen molar-refractivity contribution >= 4 is 23.5 Å². The topological polar surface area (TPSA) is 88.5 Å². The number of carboxylic acid groups (broad SMARTS) is 1. The van der Waals surface area contributed by atoms with Crippen molar-refractivity contribution in [3.63, 3.8) is 0 Å². The van der Waals surface area contributed by atoms with E-state index in [4.69, 9.17) is 16.3 Å². The molecule has 2 N–H and O–H groups in total. The summed E-state index contributed by atoms with van der Waals surface area (Å²) in [6, 6.07) is 1.56. The molecule has 1 fully saturated rings. The second-order valence-corrected chi connectivity index (χ2v) is 5.17. The first-order chi connectivity index (χ1) is 9.44. The number of nitrogens with zero attached hydrogens (tertiary/aromatic N) is 1. The summed E-state index contributed by atoms with van der Waals surface area (Å²) in [5.74, 6) is -1.60. The summed E-state index contributed by atoms with van der Waals surface area (Å²) in [5, 5.41) is 12.2. The van der Waals surface area contributed by atoms with Gasteiger partial charge in [-0.1, -0.05) is 11.6 Å². The number of amides is 1. The largest absolute Gasteiger partial charge is 0.480 e. The first-order valence-electron chi connectivity index (χ1n) is 6.20. The predicted octanol–water partition coefficient (Wildman–Crippen LogP) is 1.41. The zero-order valence-corrected chi connectivity index (χ0v) is 11.7. The van der Waals surface area contributed by atoms with Gasteiger partial charge in [-0.2, -0.15) is 0 Å². The first-order valence-corrected chi connectivity index (χ1v) is 6.58. The van der Waals surface area contributed by atoms with Crippen molar-refractivity contribution in [1.82, 2.24) is 10.3 Å². The van der Waals surface area contributed by atoms with Crippen LogP contribution in [-0.4, -0.2) is 40.7 Å². The number of carboxylic acids is 1. The molecule has 0 spiro atoms. The van der Waals surface area contributed by atoms with Crippen LogP contribution in [0.3, 0.4) is 0 Å². The van der Waals surface area contributed by atoms with Gasteiger partial charge < -0.3 is 15.2 Å². The van der Waals surface area contributed by atoms with E-state index >= 15 is 0 Å². The molecule has 0 atom stereocenters. The lowest BCUT2D eigenvalue weighted by molar-refractivity contribution is -0.148. The minimum Gasteiger partial charge on any atom is -0.480 e. The normalized spacial score (nSPS) is 17.5. The monoisotopic (exact) mass is 298 g/mol. The van der Waals surface area contributed by atoms with Crippen molar-refractivity contribution in [1.29, 1.82) is 0 Å². The van der Waals surface area contributed by atoms with Gasteiger partial charge in [0.2, 0.25) is 0 Å². The molecule has 1 aromatic rings. The summed E-state index contributed by atoms with van der Waals surface area (Å²) in [5.41, 5.74) is -0.446. The quantitative estimate of drug-likeness (QED) is 0.881. The van der Waals surface area contributed by atoms with Crippen molar-refractivity contribution in [2.24, 2.45) is 0 Å². The minimum absolute atomic E-state index is 0.171. The van der Waals surface area contributed by atoms with Gasteiger partial charge in [0, 0.05) is 37.9 Å². The van der Waals surface area contributed by atoms with Crippen LogP contribution in [0.25, 0.3) is 0 Å². The zero-order chi connectivity index (χ0) is 14.8. The maximum atomic E-state index is 12.2. The highest BCUT2D eigenvalue weighted by Gasteiger charge is 2.42. The Morgan fingerprint density at radius 1 is 1.45 bits per heavy atom. The molecule has 108 valence electrons. The van der Waals surface area contributed by atoms with Crippen LogP contribution in [0.1, 0.15) is 28.9 Å². The van der Waals surface area contributed by atoms with E-state index in [-0.39, 0.29) is 23.4 Å². The van der Waals surface area contributed by atoms with Gasteiger partial charge in [0.15, 0.2) is 0 Å². The third-order valence-corrected chi connectivity index (χ3v) is 3.66. The summed E-state index contributed by atoms with van der Waals surface area (Å²) in [6.07, 6.45) is 1.80. The third kappa shape index (κ3) is 2.91. The Hall–Kier alpha value is -1.66. The van der Waals surface area contributed by atoms with Gasteiger partial charge in [-0.05, 0) is 13.0 Å². The molecule has 0 aromatic carbocycles. The highest BCUT2D eigenvalue weighted by molar-refractivity contribution is 6.33. The summed E-state index contributed by atoms with van der Waals surface area (Å²) < 4.78 is 5.15. The molecule has 2 heterocycles. The van der Waals surface area contributed by atoms with Gasteiger partial charge in [-0.3, -0.25) is 9.78 Å². The zero-order valence-electron chi connectivity index (χ0n) is 11.0. The van der Waals surface area contributed by atoms with E-state index in [2.05, 4.69) is 10.3 Å². The number of aryl methyl sites for hydroxylation is 1. The summed E-state index contributed by atoms with van der Waals surface area (Å²) in [7, 11) is 0. The number of aromatic nitrogens is 1. The number of halogens is 1. The summed E-state index contributed by atoms with van der Waals surface area (Å²) in [6.45, 7) is 2.35. The van der Waals surface area contributed by atoms with E-state index in [1.807, 2.05) is 0 Å². The van der Waals surface area contributed by atoms with Gasteiger partial charge in [-0.25, -0.2) is 4.79 Å². The number of ether oxygens (including phenoxy) is 1. The lowest BCUT2D eigenvalue weighted by Crippen LogP contribution is -2.57. The molecule has 1 aliphatic rings. The second kappa shape index (κ2) is 5.76. The molecule has 1 aliphatic heterocycles. The standard InChI is InChI=1S/C13H15ClN2O4/c1-8-6-10(14)9(7-15-8)11(17)16-13(12(18)19)2-4-20-5-3-13/h6-7H,2-5H2,1H3,(H,16,17)(H,18,19). The van der Waals surface area contributed by atoms with E-state index in [1.165, 1.54) is 6.20 Å². The van der Waals surface area contributed by atoms with Crippen LogP contribution in [-0.2, 0) is 9.53 Å². The number of pyridine rings is 1. The molecule has 0 bridgehead atoms. The average Bonchev–Trinajstić information content (AvgIpc) is 2.39. The van der Waals surface area contributed by atoms with E-state index in [1.54, 1.807) is 13.0 Å². The van der Waals surface area contributed by atoms with Gasteiger partial charge in [0.05, 0.1) is 10.6 Å². The van der Waals surface area contributed by atoms with Crippen molar-refractivity contribution in [3.8, 4) is 0 Å². The van der Waals surface area contributed by atoms with Crippen molar-refractivity contribution in [2.75, 3.05) is 13.2 Å². The van der Waals surface area contributed by atoms with Crippen LogP contribution < -0.4 is 5.32 Å². The van der Waals surface area contributed by atoms with Crippen LogP contribution in [0.2, 0.25) is 5.02 Å². The molecule has 0 aliphatic carbocycles. The molecule has 0 radical (unpaired) electrons. The van der Waals surface area contributed by atoms with E-state index in [9.17, 15) is 14.7 Å². The molecular weight excluding hydrogens is 284 g/mol. The first kappa shape index (κ1) is 14.7. The molecule has 1 aromatic heterocycles. The molecule has 1 amide bonds. The van der Waals surface area contributed by atoms with E-state index < -0.39 is 17.4 Å². The maximum Gasteiger partial charge on any atom is 0.329 e. The molecule has 2 rings (SSSR count). The van der Waals surface area contributed by atoms with Crippen LogP contribution in [0.4, 0.5) is 0 Å². The van der Waals surface area contributed by atoms with E-state index in [0.717, 1.165) is 0 Å². The molecule has 1 saturated heterocycles. The van der Waals surface area contributed by atoms with Crippen molar-refractivity contribution in [2.45, 2.75) is 25.3 Å². The maximum absolute atomic E-state index is 12.2. The second-order valence-electron chi connectivity index (χ2n) is 4.76. The Morgan fingerprint density at radius 3 is 2.65 bits per heavy atom. The van der Waals surface area contributed by atoms with Gasteiger partial charge in [-0.15, -0.1) is 0 Å². The smallest absolute Gasteiger partial charge is 0.329 e. The molecule has 6 nitrogen and oxygen atoms in total. The highest BCUT2D eigenvalue weighted by Crippen LogP contribution is 2.23. The Balaban J connectivity index is 2.22. The van der Waals surface area contributed by atoms with Gasteiger partial charge in [0.25, 0.3) is 5.91 Å². The Morgan fingerprint density at radius 2 is 2.10 bits per heavy atom. The number of carbonyl (C=O) groups excluding carboxylic acids is 1. The SMILES string of the molecule is Cc1cc(Cl)c(C(=O)NC2(C(=O)O)CCOCC2)cn1. The molecule has 0 unspecified atom stereocenters. The fourth-order valence-corrected chi connectivity index (χ4v) is 2.38. The molecular formula is C13H15ClN2O4. The van der Waals surface area contributed by atoms with Crippen LogP contribution >= 0.6 is 11.6 Å². The number of rotatable bonds is 3. The number of hydrogen-bond acceptors (Lipinski definition) is 4.